The van der Waals surface area contributed by atoms with Gasteiger partial charge in [-0.3, -0.25) is 9.59 Å². The third-order valence-electron chi connectivity index (χ3n) is 3.77. The van der Waals surface area contributed by atoms with Gasteiger partial charge in [0.25, 0.3) is 5.91 Å². The molecule has 0 bridgehead atoms. The van der Waals surface area contributed by atoms with Crippen LogP contribution in [0.25, 0.3) is 10.9 Å². The van der Waals surface area contributed by atoms with E-state index in [1.807, 2.05) is 19.1 Å². The molecule has 1 amide bonds. The van der Waals surface area contributed by atoms with Gasteiger partial charge in [-0.1, -0.05) is 18.2 Å². The van der Waals surface area contributed by atoms with Crippen molar-refractivity contribution in [3.8, 4) is 0 Å². The highest BCUT2D eigenvalue weighted by atomic mass is 127. The van der Waals surface area contributed by atoms with Crippen LogP contribution in [0.15, 0.2) is 53.3 Å². The first-order chi connectivity index (χ1) is 12.4. The van der Waals surface area contributed by atoms with Gasteiger partial charge in [0, 0.05) is 26.2 Å². The van der Waals surface area contributed by atoms with E-state index in [4.69, 9.17) is 4.74 Å². The number of ether oxygens (including phenoxy) is 1. The average molecular weight is 462 g/mol. The molecule has 2 N–H and O–H groups in total. The number of H-pyrrole nitrogens is 1. The van der Waals surface area contributed by atoms with Gasteiger partial charge < -0.3 is 15.0 Å². The molecule has 3 aromatic rings. The van der Waals surface area contributed by atoms with Crippen molar-refractivity contribution < 1.29 is 14.3 Å². The van der Waals surface area contributed by atoms with Gasteiger partial charge in [0.1, 0.15) is 0 Å². The molecule has 26 heavy (non-hydrogen) atoms. The molecule has 0 spiro atoms. The number of aromatic amines is 1. The Morgan fingerprint density at radius 1 is 1.15 bits per heavy atom. The molecule has 0 saturated heterocycles. The summed E-state index contributed by atoms with van der Waals surface area (Å²) >= 11 is 2.19. The van der Waals surface area contributed by atoms with Crippen LogP contribution >= 0.6 is 22.6 Å². The number of rotatable bonds is 4. The summed E-state index contributed by atoms with van der Waals surface area (Å²) in [6.07, 6.45) is 0. The lowest BCUT2D eigenvalue weighted by Gasteiger charge is -2.10. The summed E-state index contributed by atoms with van der Waals surface area (Å²) in [6.45, 7) is 1.44. The molecule has 7 heteroatoms. The maximum atomic E-state index is 12.3. The van der Waals surface area contributed by atoms with E-state index in [9.17, 15) is 14.4 Å². The van der Waals surface area contributed by atoms with E-state index in [-0.39, 0.29) is 5.56 Å². The predicted octanol–water partition coefficient (Wildman–Crippen LogP) is 3.24. The topological polar surface area (TPSA) is 88.3 Å². The van der Waals surface area contributed by atoms with Gasteiger partial charge in [0.15, 0.2) is 6.61 Å². The van der Waals surface area contributed by atoms with Crippen molar-refractivity contribution in [1.82, 2.24) is 4.98 Å². The number of halogens is 1. The lowest BCUT2D eigenvalue weighted by Crippen LogP contribution is -2.22. The van der Waals surface area contributed by atoms with E-state index < -0.39 is 24.0 Å². The SMILES string of the molecule is Cc1cc(I)ccc1NC(=O)COC(=O)c1cc(=O)[nH]c2ccccc12. The Hall–Kier alpha value is -2.68. The van der Waals surface area contributed by atoms with Crippen molar-refractivity contribution in [1.29, 1.82) is 0 Å². The number of nitrogens with one attached hydrogen (secondary N) is 2. The zero-order chi connectivity index (χ0) is 18.7. The minimum atomic E-state index is -0.721. The van der Waals surface area contributed by atoms with Gasteiger partial charge in [-0.2, -0.15) is 0 Å². The molecule has 2 aromatic carbocycles. The summed E-state index contributed by atoms with van der Waals surface area (Å²) < 4.78 is 6.14. The maximum Gasteiger partial charge on any atom is 0.339 e. The third-order valence-corrected chi connectivity index (χ3v) is 4.44. The second-order valence-corrected chi connectivity index (χ2v) is 6.92. The van der Waals surface area contributed by atoms with Gasteiger partial charge in [-0.15, -0.1) is 0 Å². The Kier molecular flexibility index (Phi) is 5.36. The highest BCUT2D eigenvalue weighted by molar-refractivity contribution is 14.1. The van der Waals surface area contributed by atoms with Crippen molar-refractivity contribution in [2.75, 3.05) is 11.9 Å². The maximum absolute atomic E-state index is 12.3. The smallest absolute Gasteiger partial charge is 0.339 e. The summed E-state index contributed by atoms with van der Waals surface area (Å²) in [6, 6.07) is 13.7. The Labute approximate surface area is 162 Å². The van der Waals surface area contributed by atoms with Crippen LogP contribution in [0.1, 0.15) is 15.9 Å². The van der Waals surface area contributed by atoms with Gasteiger partial charge in [-0.05, 0) is 59.3 Å². The standard InChI is InChI=1S/C19H15IN2O4/c1-11-8-12(20)6-7-15(11)21-18(24)10-26-19(25)14-9-17(23)22-16-5-3-2-4-13(14)16/h2-9H,10H2,1H3,(H,21,24)(H,22,23). The van der Waals surface area contributed by atoms with Crippen molar-refractivity contribution in [2.45, 2.75) is 6.92 Å². The number of carbonyl (C=O) groups excluding carboxylic acids is 2. The van der Waals surface area contributed by atoms with E-state index >= 15 is 0 Å². The monoisotopic (exact) mass is 462 g/mol. The molecule has 3 rings (SSSR count). The first-order valence-electron chi connectivity index (χ1n) is 7.79. The van der Waals surface area contributed by atoms with Gasteiger partial charge >= 0.3 is 5.97 Å². The zero-order valence-corrected chi connectivity index (χ0v) is 16.0. The minimum absolute atomic E-state index is 0.127. The molecule has 1 heterocycles. The highest BCUT2D eigenvalue weighted by Crippen LogP contribution is 2.18. The van der Waals surface area contributed by atoms with E-state index in [0.717, 1.165) is 9.13 Å². The number of hydrogen-bond donors (Lipinski definition) is 2. The van der Waals surface area contributed by atoms with Crippen LogP contribution < -0.4 is 10.9 Å². The molecule has 132 valence electrons. The number of hydrogen-bond acceptors (Lipinski definition) is 4. The molecule has 0 saturated carbocycles. The Bertz CT molecular complexity index is 1060. The van der Waals surface area contributed by atoms with E-state index in [2.05, 4.69) is 32.9 Å². The van der Waals surface area contributed by atoms with Crippen molar-refractivity contribution in [2.24, 2.45) is 0 Å². The molecule has 0 aliphatic carbocycles. The lowest BCUT2D eigenvalue weighted by atomic mass is 10.1. The molecule has 0 aliphatic heterocycles. The molecule has 0 unspecified atom stereocenters. The van der Waals surface area contributed by atoms with Crippen LogP contribution in [0.2, 0.25) is 0 Å². The van der Waals surface area contributed by atoms with Gasteiger partial charge in [0.05, 0.1) is 5.56 Å². The molecule has 0 radical (unpaired) electrons. The van der Waals surface area contributed by atoms with E-state index in [0.29, 0.717) is 16.6 Å². The Morgan fingerprint density at radius 2 is 1.92 bits per heavy atom. The van der Waals surface area contributed by atoms with Crippen LogP contribution in [-0.4, -0.2) is 23.5 Å². The minimum Gasteiger partial charge on any atom is -0.452 e. The van der Waals surface area contributed by atoms with Crippen LogP contribution in [0.4, 0.5) is 5.69 Å². The fraction of sp³-hybridized carbons (Fsp3) is 0.105. The molecule has 0 aliphatic rings. The average Bonchev–Trinajstić information content (AvgIpc) is 2.61. The lowest BCUT2D eigenvalue weighted by molar-refractivity contribution is -0.119. The first kappa shape index (κ1) is 18.1. The summed E-state index contributed by atoms with van der Waals surface area (Å²) in [4.78, 5) is 38.7. The molecular weight excluding hydrogens is 447 g/mol. The fourth-order valence-corrected chi connectivity index (χ4v) is 3.18. The number of anilines is 1. The number of esters is 1. The van der Waals surface area contributed by atoms with E-state index in [1.54, 1.807) is 30.3 Å². The number of para-hydroxylation sites is 1. The molecular formula is C19H15IN2O4. The number of fused-ring (bicyclic) bond motifs is 1. The number of aromatic nitrogens is 1. The number of carbonyl (C=O) groups is 2. The fourth-order valence-electron chi connectivity index (χ4n) is 2.54. The number of benzene rings is 2. The normalized spacial score (nSPS) is 10.5. The number of amides is 1. The molecule has 6 nitrogen and oxygen atoms in total. The van der Waals surface area contributed by atoms with Crippen LogP contribution in [0.5, 0.6) is 0 Å². The molecule has 1 aromatic heterocycles. The summed E-state index contributed by atoms with van der Waals surface area (Å²) in [5.41, 5.74) is 1.83. The number of aryl methyl sites for hydroxylation is 1. The molecule has 0 fully saturated rings. The second-order valence-electron chi connectivity index (χ2n) is 5.68. The largest absolute Gasteiger partial charge is 0.452 e. The quantitative estimate of drug-likeness (QED) is 0.461. The Balaban J connectivity index is 1.71. The second kappa shape index (κ2) is 7.69. The van der Waals surface area contributed by atoms with Crippen molar-refractivity contribution in [3.05, 3.63) is 73.6 Å². The number of pyridine rings is 1. The molecule has 0 atom stereocenters. The summed E-state index contributed by atoms with van der Waals surface area (Å²) in [7, 11) is 0. The predicted molar refractivity (Wildman–Crippen MR) is 107 cm³/mol. The van der Waals surface area contributed by atoms with Crippen LogP contribution in [-0.2, 0) is 9.53 Å². The van der Waals surface area contributed by atoms with Crippen LogP contribution in [0, 0.1) is 10.5 Å². The summed E-state index contributed by atoms with van der Waals surface area (Å²) in [5, 5.41) is 3.27. The zero-order valence-electron chi connectivity index (χ0n) is 13.8. The highest BCUT2D eigenvalue weighted by Gasteiger charge is 2.15. The van der Waals surface area contributed by atoms with Crippen LogP contribution in [0.3, 0.4) is 0 Å². The first-order valence-corrected chi connectivity index (χ1v) is 8.87. The summed E-state index contributed by atoms with van der Waals surface area (Å²) in [5.74, 6) is -1.17. The van der Waals surface area contributed by atoms with Crippen molar-refractivity contribution in [3.63, 3.8) is 0 Å². The third kappa shape index (κ3) is 4.10. The van der Waals surface area contributed by atoms with Gasteiger partial charge in [0.2, 0.25) is 5.56 Å². The van der Waals surface area contributed by atoms with E-state index in [1.165, 1.54) is 6.07 Å². The van der Waals surface area contributed by atoms with Gasteiger partial charge in [-0.25, -0.2) is 4.79 Å². The Morgan fingerprint density at radius 3 is 2.69 bits per heavy atom. The van der Waals surface area contributed by atoms with Crippen molar-refractivity contribution >= 4 is 51.1 Å².